The van der Waals surface area contributed by atoms with Gasteiger partial charge in [0.25, 0.3) is 5.56 Å². The summed E-state index contributed by atoms with van der Waals surface area (Å²) in [6, 6.07) is 23.9. The van der Waals surface area contributed by atoms with Gasteiger partial charge in [0.1, 0.15) is 5.82 Å². The Morgan fingerprint density at radius 2 is 1.84 bits per heavy atom. The van der Waals surface area contributed by atoms with Crippen LogP contribution in [0.3, 0.4) is 0 Å². The van der Waals surface area contributed by atoms with E-state index < -0.39 is 0 Å². The van der Waals surface area contributed by atoms with E-state index >= 15 is 0 Å². The van der Waals surface area contributed by atoms with Crippen LogP contribution in [0.2, 0.25) is 0 Å². The highest BCUT2D eigenvalue weighted by molar-refractivity contribution is 8.00. The lowest BCUT2D eigenvalue weighted by molar-refractivity contribution is -0.131. The number of hydrogen-bond acceptors (Lipinski definition) is 6. The van der Waals surface area contributed by atoms with Gasteiger partial charge in [0, 0.05) is 30.4 Å². The van der Waals surface area contributed by atoms with Gasteiger partial charge >= 0.3 is 0 Å². The molecule has 2 aliphatic rings. The number of rotatable bonds is 9. The highest BCUT2D eigenvalue weighted by Gasteiger charge is 2.46. The summed E-state index contributed by atoms with van der Waals surface area (Å²) in [4.78, 5) is 37.6. The van der Waals surface area contributed by atoms with Gasteiger partial charge in [-0.25, -0.2) is 9.37 Å². The maximum absolute atomic E-state index is 14.3. The average molecular weight is 609 g/mol. The Morgan fingerprint density at radius 3 is 2.59 bits per heavy atom. The van der Waals surface area contributed by atoms with Gasteiger partial charge in [-0.05, 0) is 73.0 Å². The maximum atomic E-state index is 14.3. The number of piperazine rings is 1. The summed E-state index contributed by atoms with van der Waals surface area (Å²) in [7, 11) is 0. The van der Waals surface area contributed by atoms with Crippen molar-refractivity contribution in [1.29, 1.82) is 0 Å². The number of nitrogens with zero attached hydrogens (tertiary/aromatic N) is 4. The van der Waals surface area contributed by atoms with E-state index in [-0.39, 0.29) is 34.6 Å². The Hall–Kier alpha value is -4.37. The maximum Gasteiger partial charge on any atom is 0.266 e. The number of furan rings is 1. The fourth-order valence-electron chi connectivity index (χ4n) is 6.49. The van der Waals surface area contributed by atoms with Crippen LogP contribution < -0.4 is 10.5 Å². The molecule has 0 N–H and O–H groups in total. The van der Waals surface area contributed by atoms with Crippen molar-refractivity contribution >= 4 is 34.3 Å². The zero-order chi connectivity index (χ0) is 30.2. The standard InChI is InChI=1S/C35H33FN4O3S/c1-2-3-11-32(34(42)39-21-28-19-29(39)20-38(28)26-14-12-25(36)13-15-26)44-35-37-31-10-5-4-9-30(31)33(41)40(35)27-8-6-7-23(18-27)24-16-17-43-22-24/h4-10,12-18,22,28-29,32H,2-3,11,19-21H2,1H3. The zero-order valence-electron chi connectivity index (χ0n) is 24.4. The van der Waals surface area contributed by atoms with Crippen molar-refractivity contribution in [2.75, 3.05) is 18.0 Å². The number of thioether (sulfide) groups is 1. The smallest absolute Gasteiger partial charge is 0.266 e. The van der Waals surface area contributed by atoms with Crippen molar-refractivity contribution in [2.45, 2.75) is 55.1 Å². The third kappa shape index (κ3) is 5.30. The fourth-order valence-corrected chi connectivity index (χ4v) is 7.71. The molecule has 2 aromatic heterocycles. The lowest BCUT2D eigenvalue weighted by Crippen LogP contribution is -2.51. The molecule has 2 bridgehead atoms. The molecule has 2 fully saturated rings. The molecule has 2 saturated heterocycles. The first-order valence-electron chi connectivity index (χ1n) is 15.1. The summed E-state index contributed by atoms with van der Waals surface area (Å²) in [5.41, 5.74) is 3.96. The zero-order valence-corrected chi connectivity index (χ0v) is 25.3. The summed E-state index contributed by atoms with van der Waals surface area (Å²) in [5, 5.41) is 0.648. The number of carbonyl (C=O) groups excluding carboxylic acids is 1. The molecule has 0 aliphatic carbocycles. The molecule has 2 aliphatic heterocycles. The molecule has 7 rings (SSSR count). The van der Waals surface area contributed by atoms with Gasteiger partial charge < -0.3 is 14.2 Å². The molecule has 0 saturated carbocycles. The first-order chi connectivity index (χ1) is 21.5. The molecule has 3 atom stereocenters. The van der Waals surface area contributed by atoms with Gasteiger partial charge in [-0.1, -0.05) is 55.8 Å². The van der Waals surface area contributed by atoms with Gasteiger partial charge in [0.15, 0.2) is 5.16 Å². The van der Waals surface area contributed by atoms with E-state index in [0.29, 0.717) is 34.7 Å². The van der Waals surface area contributed by atoms with E-state index in [1.807, 2.05) is 65.6 Å². The van der Waals surface area contributed by atoms with Gasteiger partial charge in [-0.3, -0.25) is 14.2 Å². The molecular weight excluding hydrogens is 575 g/mol. The van der Waals surface area contributed by atoms with Crippen LogP contribution in [0.25, 0.3) is 27.7 Å². The second-order valence-electron chi connectivity index (χ2n) is 11.5. The molecule has 1 amide bonds. The number of carbonyl (C=O) groups is 1. The van der Waals surface area contributed by atoms with Crippen LogP contribution in [-0.2, 0) is 4.79 Å². The number of hydrogen-bond donors (Lipinski definition) is 0. The van der Waals surface area contributed by atoms with E-state index in [4.69, 9.17) is 9.40 Å². The Balaban J connectivity index is 1.22. The molecule has 224 valence electrons. The molecule has 9 heteroatoms. The molecule has 7 nitrogen and oxygen atoms in total. The molecule has 3 unspecified atom stereocenters. The van der Waals surface area contributed by atoms with Crippen molar-refractivity contribution in [3.63, 3.8) is 0 Å². The van der Waals surface area contributed by atoms with E-state index in [2.05, 4.69) is 11.8 Å². The summed E-state index contributed by atoms with van der Waals surface area (Å²) in [6.45, 7) is 3.48. The normalized spacial score (nSPS) is 18.3. The minimum Gasteiger partial charge on any atom is -0.472 e. The summed E-state index contributed by atoms with van der Waals surface area (Å²) >= 11 is 1.39. The van der Waals surface area contributed by atoms with Crippen LogP contribution in [0.5, 0.6) is 0 Å². The number of halogens is 1. The SMILES string of the molecule is CCCCC(Sc1nc2ccccc2c(=O)n1-c1cccc(-c2ccoc2)c1)C(=O)N1CC2CC1CN2c1ccc(F)cc1. The Morgan fingerprint density at radius 1 is 1.00 bits per heavy atom. The summed E-state index contributed by atoms with van der Waals surface area (Å²) < 4.78 is 20.5. The van der Waals surface area contributed by atoms with Crippen LogP contribution in [0.1, 0.15) is 32.6 Å². The predicted octanol–water partition coefficient (Wildman–Crippen LogP) is 6.93. The monoisotopic (exact) mass is 608 g/mol. The number of amides is 1. The largest absolute Gasteiger partial charge is 0.472 e. The number of para-hydroxylation sites is 1. The molecule has 0 spiro atoms. The minimum absolute atomic E-state index is 0.0933. The first-order valence-corrected chi connectivity index (χ1v) is 16.0. The van der Waals surface area contributed by atoms with Gasteiger partial charge in [-0.15, -0.1) is 0 Å². The van der Waals surface area contributed by atoms with Crippen LogP contribution in [0.15, 0.2) is 106 Å². The van der Waals surface area contributed by atoms with Crippen molar-refractivity contribution in [1.82, 2.24) is 14.5 Å². The topological polar surface area (TPSA) is 71.6 Å². The van der Waals surface area contributed by atoms with E-state index in [0.717, 1.165) is 42.6 Å². The lowest BCUT2D eigenvalue weighted by atomic mass is 10.1. The van der Waals surface area contributed by atoms with Crippen molar-refractivity contribution in [3.05, 3.63) is 108 Å². The Bertz CT molecular complexity index is 1860. The molecule has 3 aromatic carbocycles. The number of fused-ring (bicyclic) bond motifs is 3. The second kappa shape index (κ2) is 12.0. The highest BCUT2D eigenvalue weighted by Crippen LogP contribution is 2.38. The van der Waals surface area contributed by atoms with Gasteiger partial charge in [0.2, 0.25) is 5.91 Å². The van der Waals surface area contributed by atoms with Gasteiger partial charge in [-0.2, -0.15) is 0 Å². The molecule has 0 radical (unpaired) electrons. The van der Waals surface area contributed by atoms with E-state index in [1.165, 1.54) is 23.9 Å². The molecular formula is C35H33FN4O3S. The van der Waals surface area contributed by atoms with Crippen LogP contribution in [0.4, 0.5) is 10.1 Å². The van der Waals surface area contributed by atoms with Crippen molar-refractivity contribution in [2.24, 2.45) is 0 Å². The molecule has 5 aromatic rings. The second-order valence-corrected chi connectivity index (χ2v) is 12.7. The third-order valence-electron chi connectivity index (χ3n) is 8.73. The van der Waals surface area contributed by atoms with Gasteiger partial charge in [0.05, 0.1) is 40.4 Å². The number of benzene rings is 3. The summed E-state index contributed by atoms with van der Waals surface area (Å²) in [6.07, 6.45) is 6.74. The number of aromatic nitrogens is 2. The molecule has 44 heavy (non-hydrogen) atoms. The fraction of sp³-hybridized carbons (Fsp3) is 0.286. The van der Waals surface area contributed by atoms with Crippen molar-refractivity contribution in [3.8, 4) is 16.8 Å². The Labute approximate surface area is 259 Å². The van der Waals surface area contributed by atoms with E-state index in [1.54, 1.807) is 23.2 Å². The lowest BCUT2D eigenvalue weighted by Gasteiger charge is -2.37. The highest BCUT2D eigenvalue weighted by atomic mass is 32.2. The van der Waals surface area contributed by atoms with Crippen LogP contribution in [-0.4, -0.2) is 50.8 Å². The van der Waals surface area contributed by atoms with Crippen molar-refractivity contribution < 1.29 is 13.6 Å². The molecule has 4 heterocycles. The first kappa shape index (κ1) is 28.4. The summed E-state index contributed by atoms with van der Waals surface area (Å²) in [5.74, 6) is -0.157. The Kier molecular flexibility index (Phi) is 7.72. The van der Waals surface area contributed by atoms with Crippen LogP contribution >= 0.6 is 11.8 Å². The quantitative estimate of drug-likeness (QED) is 0.134. The minimum atomic E-state index is -0.384. The number of unbranched alkanes of at least 4 members (excludes halogenated alkanes) is 1. The predicted molar refractivity (Wildman–Crippen MR) is 172 cm³/mol. The van der Waals surface area contributed by atoms with Crippen LogP contribution in [0, 0.1) is 5.82 Å². The number of anilines is 1. The third-order valence-corrected chi connectivity index (χ3v) is 9.94. The van der Waals surface area contributed by atoms with E-state index in [9.17, 15) is 14.0 Å². The average Bonchev–Trinajstić information content (AvgIpc) is 3.82. The number of likely N-dealkylation sites (tertiary alicyclic amines) is 1.